The smallest absolute Gasteiger partial charge is 0.305 e. The molecule has 0 atom stereocenters. The van der Waals surface area contributed by atoms with E-state index in [1.165, 1.54) is 0 Å². The highest BCUT2D eigenvalue weighted by Gasteiger charge is 2.25. The first-order valence-electron chi connectivity index (χ1n) is 7.25. The van der Waals surface area contributed by atoms with Crippen molar-refractivity contribution in [2.24, 2.45) is 0 Å². The Morgan fingerprint density at radius 3 is 2.80 bits per heavy atom. The summed E-state index contributed by atoms with van der Waals surface area (Å²) in [4.78, 5) is 25.2. The van der Waals surface area contributed by atoms with Crippen LogP contribution in [0, 0.1) is 0 Å². The molecule has 1 amide bonds. The van der Waals surface area contributed by atoms with Crippen LogP contribution in [-0.4, -0.2) is 29.9 Å². The van der Waals surface area contributed by atoms with E-state index in [2.05, 4.69) is 0 Å². The second-order valence-electron chi connectivity index (χ2n) is 5.00. The molecule has 0 aliphatic carbocycles. The highest BCUT2D eigenvalue weighted by atomic mass is 16.5. The zero-order chi connectivity index (χ0) is 14.4. The molecule has 1 aliphatic heterocycles. The second kappa shape index (κ2) is 7.08. The number of carbonyl (C=O) groups is 2. The molecule has 1 aromatic rings. The van der Waals surface area contributed by atoms with Gasteiger partial charge in [-0.1, -0.05) is 24.6 Å². The lowest BCUT2D eigenvalue weighted by Crippen LogP contribution is -2.24. The predicted octanol–water partition coefficient (Wildman–Crippen LogP) is 2.77. The third kappa shape index (κ3) is 3.59. The summed E-state index contributed by atoms with van der Waals surface area (Å²) in [6.07, 6.45) is 3.17. The molecular weight excluding hydrogens is 254 g/mol. The molecular formula is C16H21NO3. The molecule has 1 heterocycles. The minimum Gasteiger partial charge on any atom is -0.466 e. The second-order valence-corrected chi connectivity index (χ2v) is 5.00. The number of amides is 1. The molecule has 0 bridgehead atoms. The van der Waals surface area contributed by atoms with Crippen molar-refractivity contribution < 1.29 is 14.3 Å². The van der Waals surface area contributed by atoms with Crippen LogP contribution >= 0.6 is 0 Å². The van der Waals surface area contributed by atoms with Crippen LogP contribution in [0.5, 0.6) is 0 Å². The lowest BCUT2D eigenvalue weighted by Gasteiger charge is -2.15. The number of unbranched alkanes of at least 4 members (excludes halogenated alkanes) is 2. The standard InChI is InChI=1S/C16H21NO3/c1-2-20-15(18)10-4-3-7-11-17-12-13-8-5-6-9-14(13)16(17)19/h5-6,8-9H,2-4,7,10-12H2,1H3. The molecule has 4 nitrogen and oxygen atoms in total. The van der Waals surface area contributed by atoms with Crippen LogP contribution in [0.25, 0.3) is 0 Å². The maximum Gasteiger partial charge on any atom is 0.305 e. The Labute approximate surface area is 119 Å². The molecule has 0 spiro atoms. The van der Waals surface area contributed by atoms with Gasteiger partial charge >= 0.3 is 5.97 Å². The number of hydrogen-bond acceptors (Lipinski definition) is 3. The number of benzene rings is 1. The summed E-state index contributed by atoms with van der Waals surface area (Å²) in [5, 5.41) is 0. The van der Waals surface area contributed by atoms with E-state index in [1.54, 1.807) is 0 Å². The molecule has 0 saturated heterocycles. The summed E-state index contributed by atoms with van der Waals surface area (Å²) in [5.74, 6) is 0.00291. The van der Waals surface area contributed by atoms with E-state index in [0.29, 0.717) is 19.6 Å². The molecule has 0 fully saturated rings. The van der Waals surface area contributed by atoms with E-state index < -0.39 is 0 Å². The van der Waals surface area contributed by atoms with Gasteiger partial charge in [-0.2, -0.15) is 0 Å². The normalized spacial score (nSPS) is 13.4. The van der Waals surface area contributed by atoms with Crippen molar-refractivity contribution in [1.82, 2.24) is 4.90 Å². The summed E-state index contributed by atoms with van der Waals surface area (Å²) < 4.78 is 4.88. The number of nitrogens with zero attached hydrogens (tertiary/aromatic N) is 1. The van der Waals surface area contributed by atoms with Crippen molar-refractivity contribution in [3.63, 3.8) is 0 Å². The lowest BCUT2D eigenvalue weighted by atomic mass is 10.1. The van der Waals surface area contributed by atoms with Gasteiger partial charge in [-0.3, -0.25) is 9.59 Å². The van der Waals surface area contributed by atoms with Crippen molar-refractivity contribution in [2.45, 2.75) is 39.2 Å². The van der Waals surface area contributed by atoms with E-state index in [1.807, 2.05) is 36.1 Å². The lowest BCUT2D eigenvalue weighted by molar-refractivity contribution is -0.143. The quantitative estimate of drug-likeness (QED) is 0.568. The molecule has 4 heteroatoms. The Hall–Kier alpha value is -1.84. The van der Waals surface area contributed by atoms with E-state index in [-0.39, 0.29) is 11.9 Å². The average molecular weight is 275 g/mol. The molecule has 2 rings (SSSR count). The maximum absolute atomic E-state index is 12.1. The van der Waals surface area contributed by atoms with Crippen molar-refractivity contribution in [3.8, 4) is 0 Å². The topological polar surface area (TPSA) is 46.6 Å². The fourth-order valence-electron chi connectivity index (χ4n) is 2.48. The van der Waals surface area contributed by atoms with Gasteiger partial charge in [-0.25, -0.2) is 0 Å². The van der Waals surface area contributed by atoms with Crippen molar-refractivity contribution in [2.75, 3.05) is 13.2 Å². The Kier molecular flexibility index (Phi) is 5.16. The average Bonchev–Trinajstić information content (AvgIpc) is 2.76. The first kappa shape index (κ1) is 14.6. The van der Waals surface area contributed by atoms with Gasteiger partial charge in [-0.05, 0) is 31.4 Å². The highest BCUT2D eigenvalue weighted by molar-refractivity contribution is 5.98. The van der Waals surface area contributed by atoms with E-state index in [0.717, 1.165) is 36.9 Å². The Morgan fingerprint density at radius 2 is 2.05 bits per heavy atom. The molecule has 1 aromatic carbocycles. The van der Waals surface area contributed by atoms with Crippen LogP contribution in [0.1, 0.15) is 48.5 Å². The van der Waals surface area contributed by atoms with Crippen LogP contribution in [0.2, 0.25) is 0 Å². The van der Waals surface area contributed by atoms with Crippen LogP contribution in [0.15, 0.2) is 24.3 Å². The van der Waals surface area contributed by atoms with Gasteiger partial charge in [0.25, 0.3) is 5.91 Å². The van der Waals surface area contributed by atoms with Crippen LogP contribution in [0.3, 0.4) is 0 Å². The van der Waals surface area contributed by atoms with Gasteiger partial charge in [0, 0.05) is 25.1 Å². The third-order valence-electron chi connectivity index (χ3n) is 3.51. The van der Waals surface area contributed by atoms with Crippen LogP contribution in [-0.2, 0) is 16.1 Å². The van der Waals surface area contributed by atoms with Crippen molar-refractivity contribution in [3.05, 3.63) is 35.4 Å². The molecule has 1 aliphatic rings. The minimum atomic E-state index is -0.128. The van der Waals surface area contributed by atoms with Gasteiger partial charge in [-0.15, -0.1) is 0 Å². The van der Waals surface area contributed by atoms with E-state index in [4.69, 9.17) is 4.74 Å². The van der Waals surface area contributed by atoms with E-state index in [9.17, 15) is 9.59 Å². The molecule has 0 saturated carbocycles. The summed E-state index contributed by atoms with van der Waals surface area (Å²) in [6.45, 7) is 3.73. The monoisotopic (exact) mass is 275 g/mol. The maximum atomic E-state index is 12.1. The first-order chi connectivity index (χ1) is 9.72. The minimum absolute atomic E-state index is 0.128. The van der Waals surface area contributed by atoms with Crippen LogP contribution in [0.4, 0.5) is 0 Å². The van der Waals surface area contributed by atoms with Crippen molar-refractivity contribution >= 4 is 11.9 Å². The summed E-state index contributed by atoms with van der Waals surface area (Å²) in [6, 6.07) is 7.76. The number of hydrogen-bond donors (Lipinski definition) is 0. The summed E-state index contributed by atoms with van der Waals surface area (Å²) in [7, 11) is 0. The highest BCUT2D eigenvalue weighted by Crippen LogP contribution is 2.22. The number of carbonyl (C=O) groups excluding carboxylic acids is 2. The Morgan fingerprint density at radius 1 is 1.25 bits per heavy atom. The summed E-state index contributed by atoms with van der Waals surface area (Å²) >= 11 is 0. The fraction of sp³-hybridized carbons (Fsp3) is 0.500. The zero-order valence-electron chi connectivity index (χ0n) is 11.9. The molecule has 0 radical (unpaired) electrons. The molecule has 20 heavy (non-hydrogen) atoms. The number of fused-ring (bicyclic) bond motifs is 1. The van der Waals surface area contributed by atoms with Crippen LogP contribution < -0.4 is 0 Å². The number of esters is 1. The van der Waals surface area contributed by atoms with Crippen molar-refractivity contribution in [1.29, 1.82) is 0 Å². The zero-order valence-corrected chi connectivity index (χ0v) is 11.9. The molecule has 0 unspecified atom stereocenters. The Balaban J connectivity index is 1.67. The number of ether oxygens (including phenoxy) is 1. The van der Waals surface area contributed by atoms with Gasteiger partial charge < -0.3 is 9.64 Å². The SMILES string of the molecule is CCOC(=O)CCCCCN1Cc2ccccc2C1=O. The van der Waals surface area contributed by atoms with Gasteiger partial charge in [0.05, 0.1) is 6.61 Å². The van der Waals surface area contributed by atoms with Gasteiger partial charge in [0.2, 0.25) is 0 Å². The van der Waals surface area contributed by atoms with Gasteiger partial charge in [0.15, 0.2) is 0 Å². The van der Waals surface area contributed by atoms with E-state index >= 15 is 0 Å². The number of rotatable bonds is 7. The summed E-state index contributed by atoms with van der Waals surface area (Å²) in [5.41, 5.74) is 1.95. The van der Waals surface area contributed by atoms with Gasteiger partial charge in [0.1, 0.15) is 0 Å². The first-order valence-corrected chi connectivity index (χ1v) is 7.25. The molecule has 108 valence electrons. The third-order valence-corrected chi connectivity index (χ3v) is 3.51. The molecule has 0 aromatic heterocycles. The fourth-order valence-corrected chi connectivity index (χ4v) is 2.48. The Bertz CT molecular complexity index is 484. The molecule has 0 N–H and O–H groups in total. The largest absolute Gasteiger partial charge is 0.466 e. The predicted molar refractivity (Wildman–Crippen MR) is 76.3 cm³/mol.